The van der Waals surface area contributed by atoms with Gasteiger partial charge in [0.15, 0.2) is 5.82 Å². The number of rotatable bonds is 5. The molecule has 25 heavy (non-hydrogen) atoms. The number of halogens is 2. The molecule has 1 N–H and O–H groups in total. The molecular formula is C19H14F2N2O2. The number of nitro benzene ring substituents is 1. The molecule has 0 aliphatic rings. The van der Waals surface area contributed by atoms with Crippen LogP contribution in [0.5, 0.6) is 0 Å². The minimum Gasteiger partial charge on any atom is -0.379 e. The van der Waals surface area contributed by atoms with Crippen LogP contribution < -0.4 is 5.32 Å². The van der Waals surface area contributed by atoms with Crippen molar-refractivity contribution in [2.24, 2.45) is 0 Å². The molecular weight excluding hydrogens is 326 g/mol. The third kappa shape index (κ3) is 3.80. The average Bonchev–Trinajstić information content (AvgIpc) is 2.62. The summed E-state index contributed by atoms with van der Waals surface area (Å²) in [4.78, 5) is 10.7. The highest BCUT2D eigenvalue weighted by molar-refractivity contribution is 5.77. The van der Waals surface area contributed by atoms with E-state index in [4.69, 9.17) is 0 Å². The normalized spacial score (nSPS) is 10.5. The molecule has 6 heteroatoms. The fourth-order valence-electron chi connectivity index (χ4n) is 2.50. The molecule has 0 aliphatic heterocycles. The van der Waals surface area contributed by atoms with Crippen LogP contribution in [0.1, 0.15) is 5.56 Å². The quantitative estimate of drug-likeness (QED) is 0.516. The van der Waals surface area contributed by atoms with Gasteiger partial charge in [0.05, 0.1) is 22.2 Å². The van der Waals surface area contributed by atoms with E-state index < -0.39 is 10.7 Å². The van der Waals surface area contributed by atoms with Crippen molar-refractivity contribution in [1.82, 2.24) is 0 Å². The van der Waals surface area contributed by atoms with Crippen molar-refractivity contribution in [3.05, 3.63) is 94.0 Å². The van der Waals surface area contributed by atoms with Gasteiger partial charge in [0, 0.05) is 6.54 Å². The maximum absolute atomic E-state index is 14.2. The summed E-state index contributed by atoms with van der Waals surface area (Å²) >= 11 is 0. The van der Waals surface area contributed by atoms with Crippen LogP contribution in [0, 0.1) is 21.7 Å². The molecule has 0 saturated carbocycles. The van der Waals surface area contributed by atoms with Gasteiger partial charge in [0.25, 0.3) is 5.69 Å². The molecule has 0 aromatic heterocycles. The van der Waals surface area contributed by atoms with Crippen molar-refractivity contribution in [2.45, 2.75) is 6.54 Å². The lowest BCUT2D eigenvalue weighted by molar-refractivity contribution is -0.384. The average molecular weight is 340 g/mol. The summed E-state index contributed by atoms with van der Waals surface area (Å²) < 4.78 is 27.2. The fourth-order valence-corrected chi connectivity index (χ4v) is 2.50. The summed E-state index contributed by atoms with van der Waals surface area (Å²) in [5.41, 5.74) is 1.57. The lowest BCUT2D eigenvalue weighted by Gasteiger charge is -2.11. The van der Waals surface area contributed by atoms with Gasteiger partial charge in [0.2, 0.25) is 0 Å². The maximum atomic E-state index is 14.2. The van der Waals surface area contributed by atoms with Gasteiger partial charge in [-0.3, -0.25) is 10.1 Å². The Morgan fingerprint density at radius 2 is 1.64 bits per heavy atom. The lowest BCUT2D eigenvalue weighted by atomic mass is 10.0. The zero-order chi connectivity index (χ0) is 17.8. The summed E-state index contributed by atoms with van der Waals surface area (Å²) in [5, 5.41) is 14.2. The molecule has 4 nitrogen and oxygen atoms in total. The van der Waals surface area contributed by atoms with Gasteiger partial charge in [0.1, 0.15) is 5.82 Å². The second-order valence-corrected chi connectivity index (χ2v) is 5.45. The minimum absolute atomic E-state index is 0.147. The van der Waals surface area contributed by atoms with Crippen molar-refractivity contribution in [1.29, 1.82) is 0 Å². The first-order chi connectivity index (χ1) is 12.0. The van der Waals surface area contributed by atoms with E-state index >= 15 is 0 Å². The third-order valence-corrected chi connectivity index (χ3v) is 3.76. The standard InChI is InChI=1S/C19H14F2N2O2/c20-15-8-6-13(7-9-15)12-22-18-10-16(14-4-2-1-3-5-14)19(23(24)25)11-17(18)21/h1-11,22H,12H2. The molecule has 0 heterocycles. The van der Waals surface area contributed by atoms with Crippen LogP contribution >= 0.6 is 0 Å². The number of hydrogen-bond acceptors (Lipinski definition) is 3. The smallest absolute Gasteiger partial charge is 0.280 e. The zero-order valence-electron chi connectivity index (χ0n) is 13.1. The van der Waals surface area contributed by atoms with Gasteiger partial charge < -0.3 is 5.32 Å². The Morgan fingerprint density at radius 1 is 0.960 bits per heavy atom. The molecule has 126 valence electrons. The monoisotopic (exact) mass is 340 g/mol. The summed E-state index contributed by atoms with van der Waals surface area (Å²) in [7, 11) is 0. The highest BCUT2D eigenvalue weighted by atomic mass is 19.1. The number of nitrogens with zero attached hydrogens (tertiary/aromatic N) is 1. The Balaban J connectivity index is 1.94. The van der Waals surface area contributed by atoms with E-state index in [1.54, 1.807) is 42.5 Å². The SMILES string of the molecule is O=[N+]([O-])c1cc(F)c(NCc2ccc(F)cc2)cc1-c1ccccc1. The Morgan fingerprint density at radius 3 is 2.28 bits per heavy atom. The molecule has 0 unspecified atom stereocenters. The van der Waals surface area contributed by atoms with E-state index in [0.717, 1.165) is 11.6 Å². The Bertz CT molecular complexity index is 897. The Hall–Kier alpha value is -3.28. The van der Waals surface area contributed by atoms with Gasteiger partial charge in [-0.2, -0.15) is 0 Å². The number of nitrogens with one attached hydrogen (secondary N) is 1. The topological polar surface area (TPSA) is 55.2 Å². The van der Waals surface area contributed by atoms with E-state index in [2.05, 4.69) is 5.32 Å². The first-order valence-electron chi connectivity index (χ1n) is 7.56. The van der Waals surface area contributed by atoms with Crippen LogP contribution in [-0.4, -0.2) is 4.92 Å². The second kappa shape index (κ2) is 7.09. The molecule has 0 saturated heterocycles. The van der Waals surface area contributed by atoms with Crippen molar-refractivity contribution in [3.63, 3.8) is 0 Å². The zero-order valence-corrected chi connectivity index (χ0v) is 13.1. The summed E-state index contributed by atoms with van der Waals surface area (Å²) in [6, 6.07) is 16.9. The molecule has 0 atom stereocenters. The largest absolute Gasteiger partial charge is 0.379 e. The molecule has 0 bridgehead atoms. The van der Waals surface area contributed by atoms with Gasteiger partial charge in [-0.1, -0.05) is 42.5 Å². The Labute approximate surface area is 142 Å². The number of anilines is 1. The van der Waals surface area contributed by atoms with Crippen LogP contribution in [0.2, 0.25) is 0 Å². The van der Waals surface area contributed by atoms with Crippen molar-refractivity contribution in [2.75, 3.05) is 5.32 Å². The van der Waals surface area contributed by atoms with E-state index in [-0.39, 0.29) is 23.7 Å². The van der Waals surface area contributed by atoms with Crippen molar-refractivity contribution >= 4 is 11.4 Å². The van der Waals surface area contributed by atoms with Gasteiger partial charge in [-0.25, -0.2) is 8.78 Å². The van der Waals surface area contributed by atoms with Gasteiger partial charge >= 0.3 is 0 Å². The minimum atomic E-state index is -0.714. The van der Waals surface area contributed by atoms with Gasteiger partial charge in [-0.05, 0) is 29.3 Å². The molecule has 0 fully saturated rings. The lowest BCUT2D eigenvalue weighted by Crippen LogP contribution is -2.03. The van der Waals surface area contributed by atoms with Crippen molar-refractivity contribution in [3.8, 4) is 11.1 Å². The van der Waals surface area contributed by atoms with E-state index in [1.807, 2.05) is 0 Å². The number of hydrogen-bond donors (Lipinski definition) is 1. The summed E-state index contributed by atoms with van der Waals surface area (Å²) in [6.45, 7) is 0.267. The number of nitro groups is 1. The maximum Gasteiger partial charge on any atom is 0.280 e. The molecule has 0 aliphatic carbocycles. The van der Waals surface area contributed by atoms with E-state index in [1.165, 1.54) is 18.2 Å². The fraction of sp³-hybridized carbons (Fsp3) is 0.0526. The molecule has 0 spiro atoms. The molecule has 3 aromatic carbocycles. The molecule has 0 amide bonds. The van der Waals surface area contributed by atoms with Crippen molar-refractivity contribution < 1.29 is 13.7 Å². The highest BCUT2D eigenvalue weighted by Gasteiger charge is 2.19. The predicted molar refractivity (Wildman–Crippen MR) is 92.2 cm³/mol. The van der Waals surface area contributed by atoms with Gasteiger partial charge in [-0.15, -0.1) is 0 Å². The Kier molecular flexibility index (Phi) is 4.70. The van der Waals surface area contributed by atoms with E-state index in [9.17, 15) is 18.9 Å². The summed E-state index contributed by atoms with van der Waals surface area (Å²) in [6.07, 6.45) is 0. The van der Waals surface area contributed by atoms with Crippen LogP contribution in [0.25, 0.3) is 11.1 Å². The predicted octanol–water partition coefficient (Wildman–Crippen LogP) is 5.15. The summed E-state index contributed by atoms with van der Waals surface area (Å²) in [5.74, 6) is -1.06. The van der Waals surface area contributed by atoms with Crippen LogP contribution in [0.3, 0.4) is 0 Å². The first-order valence-corrected chi connectivity index (χ1v) is 7.56. The van der Waals surface area contributed by atoms with Crippen LogP contribution in [0.15, 0.2) is 66.7 Å². The highest BCUT2D eigenvalue weighted by Crippen LogP contribution is 2.34. The van der Waals surface area contributed by atoms with E-state index in [0.29, 0.717) is 11.1 Å². The third-order valence-electron chi connectivity index (χ3n) is 3.76. The van der Waals surface area contributed by atoms with Crippen LogP contribution in [0.4, 0.5) is 20.2 Å². The number of benzene rings is 3. The molecule has 3 aromatic rings. The molecule has 3 rings (SSSR count). The second-order valence-electron chi connectivity index (χ2n) is 5.45. The van der Waals surface area contributed by atoms with Crippen LogP contribution in [-0.2, 0) is 6.54 Å². The first kappa shape index (κ1) is 16.6. The molecule has 0 radical (unpaired) electrons.